The topological polar surface area (TPSA) is 79.5 Å². The molecule has 0 aliphatic heterocycles. The molecule has 0 aliphatic carbocycles. The number of benzene rings is 1. The van der Waals surface area contributed by atoms with Crippen molar-refractivity contribution in [2.75, 3.05) is 20.0 Å². The van der Waals surface area contributed by atoms with Gasteiger partial charge in [0.05, 0.1) is 19.9 Å². The number of rotatable bonds is 4. The lowest BCUT2D eigenvalue weighted by Crippen LogP contribution is -1.97. The molecule has 0 saturated heterocycles. The van der Waals surface area contributed by atoms with Crippen molar-refractivity contribution in [1.82, 2.24) is 9.97 Å². The molecule has 0 spiro atoms. The minimum absolute atomic E-state index is 0.172. The highest BCUT2D eigenvalue weighted by molar-refractivity contribution is 5.56. The van der Waals surface area contributed by atoms with Crippen LogP contribution in [0.3, 0.4) is 0 Å². The Labute approximate surface area is 104 Å². The summed E-state index contributed by atoms with van der Waals surface area (Å²) in [5.41, 5.74) is 6.27. The third-order valence-corrected chi connectivity index (χ3v) is 2.24. The number of methoxy groups -OCH3 is 2. The number of nitrogens with two attached hydrogens (primary N) is 1. The summed E-state index contributed by atoms with van der Waals surface area (Å²) < 4.78 is 15.5. The number of nitrogen functional groups attached to an aromatic ring is 1. The largest absolute Gasteiger partial charge is 0.497 e. The maximum absolute atomic E-state index is 5.82. The van der Waals surface area contributed by atoms with Crippen molar-refractivity contribution >= 4 is 5.69 Å². The molecule has 0 aliphatic rings. The second-order valence-corrected chi connectivity index (χ2v) is 3.39. The summed E-state index contributed by atoms with van der Waals surface area (Å²) >= 11 is 0. The van der Waals surface area contributed by atoms with Gasteiger partial charge in [0.15, 0.2) is 5.75 Å². The van der Waals surface area contributed by atoms with E-state index in [1.165, 1.54) is 7.11 Å². The lowest BCUT2D eigenvalue weighted by atomic mass is 10.3. The fourth-order valence-corrected chi connectivity index (χ4v) is 1.33. The molecule has 0 fully saturated rings. The highest BCUT2D eigenvalue weighted by Gasteiger charge is 2.06. The van der Waals surface area contributed by atoms with Crippen LogP contribution >= 0.6 is 0 Å². The molecule has 1 aromatic carbocycles. The molecule has 18 heavy (non-hydrogen) atoms. The van der Waals surface area contributed by atoms with E-state index in [0.717, 1.165) is 0 Å². The molecule has 1 aromatic heterocycles. The first-order valence-corrected chi connectivity index (χ1v) is 5.21. The first kappa shape index (κ1) is 12.0. The summed E-state index contributed by atoms with van der Waals surface area (Å²) in [6.45, 7) is 0. The number of anilines is 1. The third-order valence-electron chi connectivity index (χ3n) is 2.24. The van der Waals surface area contributed by atoms with Gasteiger partial charge >= 0.3 is 6.01 Å². The summed E-state index contributed by atoms with van der Waals surface area (Å²) in [7, 11) is 3.09. The zero-order valence-corrected chi connectivity index (χ0v) is 10.1. The highest BCUT2D eigenvalue weighted by atomic mass is 16.5. The van der Waals surface area contributed by atoms with E-state index in [1.54, 1.807) is 37.6 Å². The van der Waals surface area contributed by atoms with Crippen molar-refractivity contribution in [1.29, 1.82) is 0 Å². The maximum Gasteiger partial charge on any atom is 0.325 e. The van der Waals surface area contributed by atoms with E-state index in [0.29, 0.717) is 23.1 Å². The molecular weight excluding hydrogens is 234 g/mol. The van der Waals surface area contributed by atoms with Crippen LogP contribution in [0.15, 0.2) is 30.5 Å². The van der Waals surface area contributed by atoms with Crippen LogP contribution in [0.4, 0.5) is 5.69 Å². The van der Waals surface area contributed by atoms with Gasteiger partial charge in [-0.15, -0.1) is 0 Å². The smallest absolute Gasteiger partial charge is 0.325 e. The molecule has 2 aromatic rings. The normalized spacial score (nSPS) is 9.89. The van der Waals surface area contributed by atoms with E-state index >= 15 is 0 Å². The zero-order valence-electron chi connectivity index (χ0n) is 10.1. The molecule has 6 nitrogen and oxygen atoms in total. The van der Waals surface area contributed by atoms with Gasteiger partial charge in [-0.25, -0.2) is 4.98 Å². The van der Waals surface area contributed by atoms with Gasteiger partial charge in [0.2, 0.25) is 5.88 Å². The van der Waals surface area contributed by atoms with Crippen LogP contribution in [0.1, 0.15) is 0 Å². The minimum Gasteiger partial charge on any atom is -0.497 e. The Kier molecular flexibility index (Phi) is 3.47. The van der Waals surface area contributed by atoms with Crippen LogP contribution in [-0.4, -0.2) is 24.2 Å². The van der Waals surface area contributed by atoms with E-state index in [9.17, 15) is 0 Å². The lowest BCUT2D eigenvalue weighted by Gasteiger charge is -2.08. The van der Waals surface area contributed by atoms with E-state index < -0.39 is 0 Å². The quantitative estimate of drug-likeness (QED) is 0.831. The molecule has 0 amide bonds. The second kappa shape index (κ2) is 5.22. The predicted molar refractivity (Wildman–Crippen MR) is 66.1 cm³/mol. The third kappa shape index (κ3) is 2.60. The Morgan fingerprint density at radius 3 is 2.61 bits per heavy atom. The van der Waals surface area contributed by atoms with Gasteiger partial charge in [-0.3, -0.25) is 0 Å². The van der Waals surface area contributed by atoms with Crippen molar-refractivity contribution in [2.45, 2.75) is 0 Å². The van der Waals surface area contributed by atoms with Gasteiger partial charge in [-0.2, -0.15) is 4.98 Å². The molecule has 0 unspecified atom stereocenters. The second-order valence-electron chi connectivity index (χ2n) is 3.39. The monoisotopic (exact) mass is 247 g/mol. The van der Waals surface area contributed by atoms with E-state index in [4.69, 9.17) is 19.9 Å². The predicted octanol–water partition coefficient (Wildman–Crippen LogP) is 1.87. The average molecular weight is 247 g/mol. The molecule has 2 N–H and O–H groups in total. The van der Waals surface area contributed by atoms with Crippen LogP contribution < -0.4 is 19.9 Å². The number of nitrogens with zero attached hydrogens (tertiary/aromatic N) is 2. The molecule has 0 atom stereocenters. The van der Waals surface area contributed by atoms with Crippen molar-refractivity contribution in [2.24, 2.45) is 0 Å². The van der Waals surface area contributed by atoms with Crippen LogP contribution in [0.5, 0.6) is 23.4 Å². The number of hydrogen-bond acceptors (Lipinski definition) is 6. The standard InChI is InChI=1S/C12H13N3O3/c1-16-8-3-4-10(9(13)7-8)18-12-14-6-5-11(15-12)17-2/h3-7H,13H2,1-2H3. The Hall–Kier alpha value is -2.50. The lowest BCUT2D eigenvalue weighted by molar-refractivity contribution is 0.376. The molecule has 0 saturated carbocycles. The average Bonchev–Trinajstić information content (AvgIpc) is 2.41. The maximum atomic E-state index is 5.82. The number of aromatic nitrogens is 2. The number of ether oxygens (including phenoxy) is 3. The Morgan fingerprint density at radius 2 is 1.94 bits per heavy atom. The van der Waals surface area contributed by atoms with Gasteiger partial charge in [0.25, 0.3) is 0 Å². The van der Waals surface area contributed by atoms with Crippen LogP contribution in [0.2, 0.25) is 0 Å². The van der Waals surface area contributed by atoms with Gasteiger partial charge in [0, 0.05) is 18.3 Å². The molecule has 1 heterocycles. The van der Waals surface area contributed by atoms with E-state index in [-0.39, 0.29) is 6.01 Å². The Balaban J connectivity index is 2.22. The summed E-state index contributed by atoms with van der Waals surface area (Å²) in [5, 5.41) is 0. The first-order valence-electron chi connectivity index (χ1n) is 5.21. The molecule has 0 bridgehead atoms. The van der Waals surface area contributed by atoms with Gasteiger partial charge < -0.3 is 19.9 Å². The molecular formula is C12H13N3O3. The van der Waals surface area contributed by atoms with Crippen molar-refractivity contribution in [3.63, 3.8) is 0 Å². The molecule has 0 radical (unpaired) electrons. The fourth-order valence-electron chi connectivity index (χ4n) is 1.33. The van der Waals surface area contributed by atoms with E-state index in [1.807, 2.05) is 0 Å². The van der Waals surface area contributed by atoms with Gasteiger partial charge in [0.1, 0.15) is 5.75 Å². The summed E-state index contributed by atoms with van der Waals surface area (Å²) in [6.07, 6.45) is 1.54. The van der Waals surface area contributed by atoms with Gasteiger partial charge in [-0.1, -0.05) is 0 Å². The van der Waals surface area contributed by atoms with Crippen molar-refractivity contribution < 1.29 is 14.2 Å². The van der Waals surface area contributed by atoms with Crippen molar-refractivity contribution in [3.05, 3.63) is 30.5 Å². The van der Waals surface area contributed by atoms with Crippen LogP contribution in [0, 0.1) is 0 Å². The van der Waals surface area contributed by atoms with Gasteiger partial charge in [-0.05, 0) is 12.1 Å². The first-order chi connectivity index (χ1) is 8.72. The van der Waals surface area contributed by atoms with Crippen LogP contribution in [-0.2, 0) is 0 Å². The summed E-state index contributed by atoms with van der Waals surface area (Å²) in [4.78, 5) is 7.99. The molecule has 6 heteroatoms. The summed E-state index contributed by atoms with van der Waals surface area (Å²) in [5.74, 6) is 1.54. The zero-order chi connectivity index (χ0) is 13.0. The SMILES string of the molecule is COc1ccc(Oc2nccc(OC)n2)c(N)c1. The Morgan fingerprint density at radius 1 is 1.11 bits per heavy atom. The van der Waals surface area contributed by atoms with Crippen LogP contribution in [0.25, 0.3) is 0 Å². The van der Waals surface area contributed by atoms with E-state index in [2.05, 4.69) is 9.97 Å². The Bertz CT molecular complexity index is 546. The molecule has 94 valence electrons. The number of hydrogen-bond donors (Lipinski definition) is 1. The minimum atomic E-state index is 0.172. The fraction of sp³-hybridized carbons (Fsp3) is 0.167. The highest BCUT2D eigenvalue weighted by Crippen LogP contribution is 2.29. The molecule has 2 rings (SSSR count). The summed E-state index contributed by atoms with van der Waals surface area (Å²) in [6, 6.07) is 6.90. The van der Waals surface area contributed by atoms with Crippen molar-refractivity contribution in [3.8, 4) is 23.4 Å².